The molecule has 0 bridgehead atoms. The molecule has 6 heteroatoms. The van der Waals surface area contributed by atoms with Crippen LogP contribution in [-0.4, -0.2) is 47.6 Å². The second-order valence-electron chi connectivity index (χ2n) is 7.32. The molecule has 150 valence electrons. The first-order valence-electron chi connectivity index (χ1n) is 10.0. The Labute approximate surface area is 171 Å². The molecule has 3 aromatic rings. The normalized spacial score (nSPS) is 16.0. The average molecular weight is 391 g/mol. The number of rotatable bonds is 7. The summed E-state index contributed by atoms with van der Waals surface area (Å²) in [5.41, 5.74) is 2.35. The predicted molar refractivity (Wildman–Crippen MR) is 113 cm³/mol. The number of benzene rings is 2. The molecule has 1 aliphatic heterocycles. The second kappa shape index (κ2) is 9.58. The van der Waals surface area contributed by atoms with Crippen LogP contribution in [0.2, 0.25) is 0 Å². The summed E-state index contributed by atoms with van der Waals surface area (Å²) in [5, 5.41) is 3.66. The van der Waals surface area contributed by atoms with E-state index in [1.165, 1.54) is 5.56 Å². The van der Waals surface area contributed by atoms with Gasteiger partial charge in [0.1, 0.15) is 11.6 Å². The summed E-state index contributed by atoms with van der Waals surface area (Å²) in [6.45, 7) is 5.43. The third-order valence-electron chi connectivity index (χ3n) is 5.35. The third kappa shape index (κ3) is 5.37. The molecule has 2 heterocycles. The molecule has 1 atom stereocenters. The van der Waals surface area contributed by atoms with Crippen LogP contribution in [0.5, 0.6) is 0 Å². The first-order chi connectivity index (χ1) is 14.3. The van der Waals surface area contributed by atoms with Gasteiger partial charge in [-0.1, -0.05) is 42.5 Å². The van der Waals surface area contributed by atoms with Gasteiger partial charge in [-0.05, 0) is 23.3 Å². The van der Waals surface area contributed by atoms with Crippen LogP contribution in [-0.2, 0) is 6.54 Å². The highest BCUT2D eigenvalue weighted by Gasteiger charge is 2.22. The lowest BCUT2D eigenvalue weighted by molar-refractivity contribution is 0.228. The van der Waals surface area contributed by atoms with E-state index >= 15 is 0 Å². The quantitative estimate of drug-likeness (QED) is 0.670. The number of hydrogen-bond donors (Lipinski definition) is 1. The number of hydrogen-bond acceptors (Lipinski definition) is 5. The molecule has 1 aliphatic rings. The molecule has 2 aromatic carbocycles. The molecule has 1 N–H and O–H groups in total. The molecule has 0 radical (unpaired) electrons. The maximum atomic E-state index is 13.4. The van der Waals surface area contributed by atoms with Gasteiger partial charge >= 0.3 is 0 Å². The van der Waals surface area contributed by atoms with Crippen LogP contribution in [0, 0.1) is 5.82 Å². The fourth-order valence-corrected chi connectivity index (χ4v) is 3.69. The summed E-state index contributed by atoms with van der Waals surface area (Å²) < 4.78 is 13.4. The predicted octanol–water partition coefficient (Wildman–Crippen LogP) is 3.27. The average Bonchev–Trinajstić information content (AvgIpc) is 2.79. The zero-order valence-electron chi connectivity index (χ0n) is 16.4. The molecule has 0 aliphatic carbocycles. The largest absolute Gasteiger partial charge is 0.353 e. The van der Waals surface area contributed by atoms with Crippen molar-refractivity contribution in [3.8, 4) is 0 Å². The van der Waals surface area contributed by atoms with Crippen molar-refractivity contribution in [3.05, 3.63) is 90.1 Å². The van der Waals surface area contributed by atoms with Gasteiger partial charge in [-0.15, -0.1) is 0 Å². The van der Waals surface area contributed by atoms with E-state index in [9.17, 15) is 4.39 Å². The molecule has 1 saturated heterocycles. The number of nitrogens with zero attached hydrogens (tertiary/aromatic N) is 4. The summed E-state index contributed by atoms with van der Waals surface area (Å²) in [6.07, 6.45) is 5.25. The molecule has 0 saturated carbocycles. The van der Waals surface area contributed by atoms with Crippen molar-refractivity contribution < 1.29 is 4.39 Å². The van der Waals surface area contributed by atoms with E-state index in [1.807, 2.05) is 24.4 Å². The van der Waals surface area contributed by atoms with Gasteiger partial charge in [0.25, 0.3) is 0 Å². The minimum absolute atomic E-state index is 0.138. The Morgan fingerprint density at radius 1 is 0.931 bits per heavy atom. The summed E-state index contributed by atoms with van der Waals surface area (Å²) in [6, 6.07) is 17.4. The van der Waals surface area contributed by atoms with Gasteiger partial charge in [0.15, 0.2) is 0 Å². The zero-order valence-corrected chi connectivity index (χ0v) is 16.4. The van der Waals surface area contributed by atoms with Gasteiger partial charge in [0.05, 0.1) is 6.20 Å². The van der Waals surface area contributed by atoms with Crippen molar-refractivity contribution in [2.45, 2.75) is 12.6 Å². The molecule has 0 spiro atoms. The molecule has 1 fully saturated rings. The first kappa shape index (κ1) is 19.5. The Morgan fingerprint density at radius 3 is 2.38 bits per heavy atom. The molecular weight excluding hydrogens is 365 g/mol. The number of anilines is 1. The van der Waals surface area contributed by atoms with Gasteiger partial charge in [-0.3, -0.25) is 9.88 Å². The molecule has 29 heavy (non-hydrogen) atoms. The van der Waals surface area contributed by atoms with Gasteiger partial charge in [0.2, 0.25) is 0 Å². The van der Waals surface area contributed by atoms with E-state index in [0.29, 0.717) is 0 Å². The van der Waals surface area contributed by atoms with E-state index in [0.717, 1.165) is 50.6 Å². The Bertz CT molecular complexity index is 865. The number of nitrogens with one attached hydrogen (secondary N) is 1. The molecule has 1 aromatic heterocycles. The zero-order chi connectivity index (χ0) is 19.9. The van der Waals surface area contributed by atoms with Crippen molar-refractivity contribution in [1.82, 2.24) is 20.2 Å². The summed E-state index contributed by atoms with van der Waals surface area (Å²) in [5.74, 6) is 0.734. The van der Waals surface area contributed by atoms with Crippen LogP contribution in [0.15, 0.2) is 73.2 Å². The fourth-order valence-electron chi connectivity index (χ4n) is 3.69. The fraction of sp³-hybridized carbons (Fsp3) is 0.304. The van der Waals surface area contributed by atoms with Crippen molar-refractivity contribution in [2.24, 2.45) is 0 Å². The number of piperazine rings is 1. The lowest BCUT2D eigenvalue weighted by Crippen LogP contribution is -2.49. The van der Waals surface area contributed by atoms with E-state index in [1.54, 1.807) is 24.5 Å². The second-order valence-corrected chi connectivity index (χ2v) is 7.32. The maximum absolute atomic E-state index is 13.4. The number of aromatic nitrogens is 2. The monoisotopic (exact) mass is 391 g/mol. The standard InChI is InChI=1S/C23H26FN5/c24-21-8-6-20(7-9-21)22(27-16-19-4-2-1-3-5-19)18-28-12-14-29(15-13-28)23-17-25-10-11-26-23/h1-11,17,22,27H,12-16,18H2. The van der Waals surface area contributed by atoms with Crippen molar-refractivity contribution >= 4 is 5.82 Å². The van der Waals surface area contributed by atoms with E-state index in [-0.39, 0.29) is 11.9 Å². The van der Waals surface area contributed by atoms with Gasteiger partial charge in [-0.2, -0.15) is 0 Å². The van der Waals surface area contributed by atoms with Crippen LogP contribution in [0.4, 0.5) is 10.2 Å². The van der Waals surface area contributed by atoms with Crippen LogP contribution in [0.1, 0.15) is 17.2 Å². The van der Waals surface area contributed by atoms with Crippen LogP contribution < -0.4 is 10.2 Å². The van der Waals surface area contributed by atoms with Crippen LogP contribution in [0.3, 0.4) is 0 Å². The van der Waals surface area contributed by atoms with Crippen LogP contribution in [0.25, 0.3) is 0 Å². The lowest BCUT2D eigenvalue weighted by atomic mass is 10.0. The summed E-state index contributed by atoms with van der Waals surface area (Å²) >= 11 is 0. The first-order valence-corrected chi connectivity index (χ1v) is 10.0. The number of halogens is 1. The van der Waals surface area contributed by atoms with E-state index < -0.39 is 0 Å². The third-order valence-corrected chi connectivity index (χ3v) is 5.35. The lowest BCUT2D eigenvalue weighted by Gasteiger charge is -2.37. The topological polar surface area (TPSA) is 44.3 Å². The van der Waals surface area contributed by atoms with Gasteiger partial charge in [-0.25, -0.2) is 9.37 Å². The SMILES string of the molecule is Fc1ccc(C(CN2CCN(c3cnccn3)CC2)NCc2ccccc2)cc1. The highest BCUT2D eigenvalue weighted by atomic mass is 19.1. The highest BCUT2D eigenvalue weighted by molar-refractivity contribution is 5.35. The van der Waals surface area contributed by atoms with Gasteiger partial charge < -0.3 is 10.2 Å². The minimum Gasteiger partial charge on any atom is -0.353 e. The Morgan fingerprint density at radius 2 is 1.69 bits per heavy atom. The molecule has 1 unspecified atom stereocenters. The molecule has 5 nitrogen and oxygen atoms in total. The smallest absolute Gasteiger partial charge is 0.147 e. The molecule has 0 amide bonds. The summed E-state index contributed by atoms with van der Waals surface area (Å²) in [4.78, 5) is 13.3. The molecule has 4 rings (SSSR count). The van der Waals surface area contributed by atoms with Crippen molar-refractivity contribution in [2.75, 3.05) is 37.6 Å². The molecular formula is C23H26FN5. The van der Waals surface area contributed by atoms with Crippen LogP contribution >= 0.6 is 0 Å². The summed E-state index contributed by atoms with van der Waals surface area (Å²) in [7, 11) is 0. The minimum atomic E-state index is -0.201. The van der Waals surface area contributed by atoms with Crippen molar-refractivity contribution in [3.63, 3.8) is 0 Å². The maximum Gasteiger partial charge on any atom is 0.147 e. The Balaban J connectivity index is 1.39. The van der Waals surface area contributed by atoms with E-state index in [4.69, 9.17) is 0 Å². The Hall–Kier alpha value is -2.83. The van der Waals surface area contributed by atoms with E-state index in [2.05, 4.69) is 49.4 Å². The Kier molecular flexibility index (Phi) is 6.44. The van der Waals surface area contributed by atoms with Crippen molar-refractivity contribution in [1.29, 1.82) is 0 Å². The highest BCUT2D eigenvalue weighted by Crippen LogP contribution is 2.19. The van der Waals surface area contributed by atoms with Gasteiger partial charge in [0, 0.05) is 57.7 Å².